The van der Waals surface area contributed by atoms with Gasteiger partial charge in [0.15, 0.2) is 6.29 Å². The molecular formula is C11H12OS. The van der Waals surface area contributed by atoms with Gasteiger partial charge in [0.1, 0.15) is 0 Å². The first-order valence-corrected chi connectivity index (χ1v) is 5.49. The van der Waals surface area contributed by atoms with Gasteiger partial charge in [0.25, 0.3) is 0 Å². The average Bonchev–Trinajstić information content (AvgIpc) is 2.76. The van der Waals surface area contributed by atoms with Crippen molar-refractivity contribution in [2.24, 2.45) is 0 Å². The van der Waals surface area contributed by atoms with Crippen molar-refractivity contribution in [3.05, 3.63) is 27.5 Å². The van der Waals surface area contributed by atoms with Crippen LogP contribution in [-0.2, 0) is 0 Å². The number of hydrogen-bond acceptors (Lipinski definition) is 2. The number of rotatable bonds is 2. The molecule has 68 valence electrons. The smallest absolute Gasteiger partial charge is 0.160 e. The summed E-state index contributed by atoms with van der Waals surface area (Å²) in [6.07, 6.45) is 8.30. The molecule has 0 aliphatic heterocycles. The summed E-state index contributed by atoms with van der Waals surface area (Å²) in [5, 5.41) is 2.05. The molecule has 0 saturated heterocycles. The zero-order chi connectivity index (χ0) is 9.10. The van der Waals surface area contributed by atoms with E-state index < -0.39 is 0 Å². The second-order valence-electron chi connectivity index (χ2n) is 3.41. The highest BCUT2D eigenvalue weighted by Gasteiger charge is 2.06. The predicted octanol–water partition coefficient (Wildman–Crippen LogP) is 3.52. The summed E-state index contributed by atoms with van der Waals surface area (Å²) >= 11 is 1.52. The Kier molecular flexibility index (Phi) is 2.60. The summed E-state index contributed by atoms with van der Waals surface area (Å²) in [7, 11) is 0. The van der Waals surface area contributed by atoms with Crippen LogP contribution in [0, 0.1) is 0 Å². The Balaban J connectivity index is 2.16. The summed E-state index contributed by atoms with van der Waals surface area (Å²) in [4.78, 5) is 11.3. The normalized spacial score (nSPS) is 16.2. The van der Waals surface area contributed by atoms with Crippen LogP contribution < -0.4 is 0 Å². The molecule has 1 fully saturated rings. The van der Waals surface area contributed by atoms with Crippen molar-refractivity contribution in [1.29, 1.82) is 0 Å². The molecule has 1 saturated carbocycles. The molecule has 0 N–H and O–H groups in total. The highest BCUT2D eigenvalue weighted by atomic mass is 32.1. The molecule has 1 heterocycles. The van der Waals surface area contributed by atoms with Crippen molar-refractivity contribution in [3.8, 4) is 0 Å². The number of thiophene rings is 1. The van der Waals surface area contributed by atoms with Crippen molar-refractivity contribution in [1.82, 2.24) is 0 Å². The monoisotopic (exact) mass is 192 g/mol. The molecule has 1 aromatic rings. The molecule has 0 atom stereocenters. The van der Waals surface area contributed by atoms with E-state index >= 15 is 0 Å². The minimum Gasteiger partial charge on any atom is -0.297 e. The van der Waals surface area contributed by atoms with Gasteiger partial charge in [-0.2, -0.15) is 0 Å². The Labute approximate surface area is 82.1 Å². The fourth-order valence-corrected chi connectivity index (χ4v) is 2.38. The van der Waals surface area contributed by atoms with Gasteiger partial charge in [0.05, 0.1) is 4.88 Å². The fourth-order valence-electron chi connectivity index (χ4n) is 1.72. The van der Waals surface area contributed by atoms with E-state index in [1.165, 1.54) is 48.2 Å². The number of carbonyl (C=O) groups excluding carboxylic acids is 1. The molecule has 0 amide bonds. The standard InChI is InChI=1S/C11H12OS/c12-7-11-6-10(8-13-11)5-9-3-1-2-4-9/h5-8H,1-4H2. The molecular weight excluding hydrogens is 180 g/mol. The van der Waals surface area contributed by atoms with Gasteiger partial charge in [0, 0.05) is 0 Å². The van der Waals surface area contributed by atoms with Crippen LogP contribution in [0.1, 0.15) is 40.9 Å². The molecule has 1 aliphatic rings. The lowest BCUT2D eigenvalue weighted by Gasteiger charge is -1.91. The van der Waals surface area contributed by atoms with Crippen LogP contribution in [0.5, 0.6) is 0 Å². The van der Waals surface area contributed by atoms with E-state index in [1.54, 1.807) is 0 Å². The lowest BCUT2D eigenvalue weighted by Crippen LogP contribution is -1.72. The SMILES string of the molecule is O=Cc1cc(C=C2CCCC2)cs1. The second kappa shape index (κ2) is 3.88. The van der Waals surface area contributed by atoms with Gasteiger partial charge in [-0.25, -0.2) is 0 Å². The van der Waals surface area contributed by atoms with Gasteiger partial charge in [-0.15, -0.1) is 11.3 Å². The Hall–Kier alpha value is -0.890. The number of hydrogen-bond donors (Lipinski definition) is 0. The van der Waals surface area contributed by atoms with Crippen molar-refractivity contribution in [2.45, 2.75) is 25.7 Å². The summed E-state index contributed by atoms with van der Waals surface area (Å²) in [6, 6.07) is 1.96. The molecule has 1 aromatic heterocycles. The Morgan fingerprint density at radius 1 is 1.31 bits per heavy atom. The third-order valence-corrected chi connectivity index (χ3v) is 3.25. The van der Waals surface area contributed by atoms with E-state index in [4.69, 9.17) is 0 Å². The first-order valence-electron chi connectivity index (χ1n) is 4.61. The van der Waals surface area contributed by atoms with Gasteiger partial charge in [0.2, 0.25) is 0 Å². The molecule has 1 aliphatic carbocycles. The van der Waals surface area contributed by atoms with E-state index in [-0.39, 0.29) is 0 Å². The zero-order valence-corrected chi connectivity index (χ0v) is 8.27. The zero-order valence-electron chi connectivity index (χ0n) is 7.45. The van der Waals surface area contributed by atoms with Crippen molar-refractivity contribution >= 4 is 23.7 Å². The third-order valence-electron chi connectivity index (χ3n) is 2.37. The number of aldehydes is 1. The lowest BCUT2D eigenvalue weighted by molar-refractivity contribution is 0.112. The summed E-state index contributed by atoms with van der Waals surface area (Å²) in [6.45, 7) is 0. The van der Waals surface area contributed by atoms with E-state index in [2.05, 4.69) is 11.5 Å². The molecule has 2 rings (SSSR count). The second-order valence-corrected chi connectivity index (χ2v) is 4.35. The van der Waals surface area contributed by atoms with Crippen molar-refractivity contribution in [2.75, 3.05) is 0 Å². The summed E-state index contributed by atoms with van der Waals surface area (Å²) < 4.78 is 0. The molecule has 0 bridgehead atoms. The van der Waals surface area contributed by atoms with Crippen molar-refractivity contribution < 1.29 is 4.79 Å². The Morgan fingerprint density at radius 3 is 2.69 bits per heavy atom. The molecule has 13 heavy (non-hydrogen) atoms. The highest BCUT2D eigenvalue weighted by Crippen LogP contribution is 2.27. The Morgan fingerprint density at radius 2 is 2.08 bits per heavy atom. The predicted molar refractivity (Wildman–Crippen MR) is 56.2 cm³/mol. The fraction of sp³-hybridized carbons (Fsp3) is 0.364. The molecule has 0 aromatic carbocycles. The van der Waals surface area contributed by atoms with E-state index in [0.717, 1.165) is 11.2 Å². The van der Waals surface area contributed by atoms with E-state index in [0.29, 0.717) is 0 Å². The minimum absolute atomic E-state index is 0.824. The van der Waals surface area contributed by atoms with Gasteiger partial charge < -0.3 is 0 Å². The van der Waals surface area contributed by atoms with E-state index in [9.17, 15) is 4.79 Å². The number of carbonyl (C=O) groups is 1. The maximum atomic E-state index is 10.4. The largest absolute Gasteiger partial charge is 0.297 e. The molecule has 0 unspecified atom stereocenters. The third kappa shape index (κ3) is 2.07. The van der Waals surface area contributed by atoms with Crippen LogP contribution in [0.15, 0.2) is 17.0 Å². The van der Waals surface area contributed by atoms with Crippen LogP contribution in [0.3, 0.4) is 0 Å². The average molecular weight is 192 g/mol. The van der Waals surface area contributed by atoms with Gasteiger partial charge in [-0.1, -0.05) is 11.6 Å². The molecule has 2 heteroatoms. The van der Waals surface area contributed by atoms with Gasteiger partial charge in [-0.3, -0.25) is 4.79 Å². The van der Waals surface area contributed by atoms with Crippen LogP contribution in [0.2, 0.25) is 0 Å². The van der Waals surface area contributed by atoms with Crippen molar-refractivity contribution in [3.63, 3.8) is 0 Å². The van der Waals surface area contributed by atoms with Gasteiger partial charge >= 0.3 is 0 Å². The minimum atomic E-state index is 0.824. The quantitative estimate of drug-likeness (QED) is 0.655. The Bertz CT molecular complexity index is 328. The number of allylic oxidation sites excluding steroid dienone is 1. The van der Waals surface area contributed by atoms with Crippen LogP contribution in [0.4, 0.5) is 0 Å². The molecule has 0 spiro atoms. The summed E-state index contributed by atoms with van der Waals surface area (Å²) in [5.41, 5.74) is 2.74. The first-order chi connectivity index (χ1) is 6.38. The highest BCUT2D eigenvalue weighted by molar-refractivity contribution is 7.11. The van der Waals surface area contributed by atoms with Gasteiger partial charge in [-0.05, 0) is 42.7 Å². The summed E-state index contributed by atoms with van der Waals surface area (Å²) in [5.74, 6) is 0. The topological polar surface area (TPSA) is 17.1 Å². The lowest BCUT2D eigenvalue weighted by atomic mass is 10.1. The van der Waals surface area contributed by atoms with Crippen LogP contribution >= 0.6 is 11.3 Å². The van der Waals surface area contributed by atoms with Crippen LogP contribution in [0.25, 0.3) is 6.08 Å². The molecule has 0 radical (unpaired) electrons. The van der Waals surface area contributed by atoms with Crippen LogP contribution in [-0.4, -0.2) is 6.29 Å². The first kappa shape index (κ1) is 8.70. The maximum absolute atomic E-state index is 10.4. The van der Waals surface area contributed by atoms with E-state index in [1.807, 2.05) is 6.07 Å². The molecule has 1 nitrogen and oxygen atoms in total. The maximum Gasteiger partial charge on any atom is 0.160 e.